The summed E-state index contributed by atoms with van der Waals surface area (Å²) in [6.07, 6.45) is 1.06. The number of hydrogen-bond donors (Lipinski definition) is 2. The van der Waals surface area contributed by atoms with E-state index < -0.39 is 0 Å². The molecule has 6 nitrogen and oxygen atoms in total. The summed E-state index contributed by atoms with van der Waals surface area (Å²) in [4.78, 5) is 14.7. The van der Waals surface area contributed by atoms with Gasteiger partial charge in [0.25, 0.3) is 0 Å². The van der Waals surface area contributed by atoms with Crippen molar-refractivity contribution in [2.45, 2.75) is 25.9 Å². The molecule has 6 heteroatoms. The lowest BCUT2D eigenvalue weighted by Gasteiger charge is -2.33. The van der Waals surface area contributed by atoms with E-state index in [1.807, 2.05) is 18.2 Å². The van der Waals surface area contributed by atoms with Gasteiger partial charge in [0.2, 0.25) is 0 Å². The van der Waals surface area contributed by atoms with Crippen molar-refractivity contribution in [1.29, 1.82) is 0 Å². The van der Waals surface area contributed by atoms with Gasteiger partial charge in [-0.1, -0.05) is 30.3 Å². The molecule has 0 aromatic heterocycles. The maximum atomic E-state index is 12.3. The molecule has 1 atom stereocenters. The predicted octanol–water partition coefficient (Wildman–Crippen LogP) is 3.28. The summed E-state index contributed by atoms with van der Waals surface area (Å²) in [5.41, 5.74) is 3.52. The van der Waals surface area contributed by atoms with E-state index in [1.54, 1.807) is 13.2 Å². The van der Waals surface area contributed by atoms with Crippen molar-refractivity contribution in [1.82, 2.24) is 10.2 Å². The lowest BCUT2D eigenvalue weighted by atomic mass is 9.99. The van der Waals surface area contributed by atoms with Crippen molar-refractivity contribution < 1.29 is 14.3 Å². The standard InChI is InChI=1S/C22H29N3O3/c1-17(25-11-10-18-6-3-4-7-19(18)16-25)15-23-22(26)24-20-8-5-9-21(14-20)28-13-12-27-2/h3-9,14,17H,10-13,15-16H2,1-2H3,(H2,23,24,26). The summed E-state index contributed by atoms with van der Waals surface area (Å²) in [6.45, 7) is 5.69. The van der Waals surface area contributed by atoms with Crippen LogP contribution in [-0.4, -0.2) is 50.4 Å². The van der Waals surface area contributed by atoms with Gasteiger partial charge in [0.15, 0.2) is 0 Å². The van der Waals surface area contributed by atoms with Crippen LogP contribution in [-0.2, 0) is 17.7 Å². The minimum absolute atomic E-state index is 0.210. The molecular weight excluding hydrogens is 354 g/mol. The van der Waals surface area contributed by atoms with Crippen LogP contribution in [0.2, 0.25) is 0 Å². The number of amides is 2. The van der Waals surface area contributed by atoms with E-state index in [0.29, 0.717) is 31.2 Å². The number of methoxy groups -OCH3 is 1. The second-order valence-electron chi connectivity index (χ2n) is 7.04. The highest BCUT2D eigenvalue weighted by molar-refractivity contribution is 5.89. The normalized spacial score (nSPS) is 14.8. The van der Waals surface area contributed by atoms with E-state index in [9.17, 15) is 4.79 Å². The van der Waals surface area contributed by atoms with Crippen LogP contribution < -0.4 is 15.4 Å². The molecule has 0 saturated heterocycles. The van der Waals surface area contributed by atoms with E-state index in [4.69, 9.17) is 9.47 Å². The molecule has 1 unspecified atom stereocenters. The Morgan fingerprint density at radius 2 is 1.96 bits per heavy atom. The van der Waals surface area contributed by atoms with Crippen LogP contribution in [0.25, 0.3) is 0 Å². The van der Waals surface area contributed by atoms with Crippen LogP contribution >= 0.6 is 0 Å². The van der Waals surface area contributed by atoms with Crippen molar-refractivity contribution in [3.63, 3.8) is 0 Å². The van der Waals surface area contributed by atoms with Crippen LogP contribution in [0.4, 0.5) is 10.5 Å². The molecule has 0 spiro atoms. The fourth-order valence-corrected chi connectivity index (χ4v) is 3.35. The fourth-order valence-electron chi connectivity index (χ4n) is 3.35. The summed E-state index contributed by atoms with van der Waals surface area (Å²) in [5, 5.41) is 5.84. The first kappa shape index (κ1) is 20.2. The molecule has 2 N–H and O–H groups in total. The highest BCUT2D eigenvalue weighted by Crippen LogP contribution is 2.20. The van der Waals surface area contributed by atoms with Gasteiger partial charge in [-0.05, 0) is 36.6 Å². The third-order valence-electron chi connectivity index (χ3n) is 4.99. The first-order valence-corrected chi connectivity index (χ1v) is 9.73. The molecule has 2 aromatic rings. The number of carbonyl (C=O) groups is 1. The molecular formula is C22H29N3O3. The topological polar surface area (TPSA) is 62.8 Å². The summed E-state index contributed by atoms with van der Waals surface area (Å²) < 4.78 is 10.5. The first-order valence-electron chi connectivity index (χ1n) is 9.73. The molecule has 1 heterocycles. The summed E-state index contributed by atoms with van der Waals surface area (Å²) in [5.74, 6) is 0.704. The fraction of sp³-hybridized carbons (Fsp3) is 0.409. The second kappa shape index (κ2) is 10.1. The highest BCUT2D eigenvalue weighted by Gasteiger charge is 2.20. The Labute approximate surface area is 166 Å². The zero-order valence-corrected chi connectivity index (χ0v) is 16.6. The van der Waals surface area contributed by atoms with Gasteiger partial charge in [-0.25, -0.2) is 4.79 Å². The SMILES string of the molecule is COCCOc1cccc(NC(=O)NCC(C)N2CCc3ccccc3C2)c1. The monoisotopic (exact) mass is 383 g/mol. The molecule has 1 aliphatic rings. The highest BCUT2D eigenvalue weighted by atomic mass is 16.5. The number of nitrogens with one attached hydrogen (secondary N) is 2. The number of fused-ring (bicyclic) bond motifs is 1. The number of anilines is 1. The first-order chi connectivity index (χ1) is 13.7. The maximum absolute atomic E-state index is 12.3. The number of rotatable bonds is 8. The molecule has 150 valence electrons. The zero-order valence-electron chi connectivity index (χ0n) is 16.6. The average Bonchev–Trinajstić information content (AvgIpc) is 2.72. The average molecular weight is 383 g/mol. The summed E-state index contributed by atoms with van der Waals surface area (Å²) >= 11 is 0. The van der Waals surface area contributed by atoms with Gasteiger partial charge in [-0.2, -0.15) is 0 Å². The number of hydrogen-bond acceptors (Lipinski definition) is 4. The van der Waals surface area contributed by atoms with Crippen molar-refractivity contribution in [3.05, 3.63) is 59.7 Å². The summed E-state index contributed by atoms with van der Waals surface area (Å²) in [6, 6.07) is 16.0. The van der Waals surface area contributed by atoms with E-state index in [1.165, 1.54) is 11.1 Å². The molecule has 2 aromatic carbocycles. The molecule has 0 radical (unpaired) electrons. The minimum Gasteiger partial charge on any atom is -0.491 e. The van der Waals surface area contributed by atoms with Gasteiger partial charge in [0.1, 0.15) is 12.4 Å². The van der Waals surface area contributed by atoms with Crippen molar-refractivity contribution in [2.75, 3.05) is 38.7 Å². The predicted molar refractivity (Wildman–Crippen MR) is 111 cm³/mol. The number of carbonyl (C=O) groups excluding carboxylic acids is 1. The molecule has 1 aliphatic heterocycles. The van der Waals surface area contributed by atoms with Crippen molar-refractivity contribution in [3.8, 4) is 5.75 Å². The van der Waals surface area contributed by atoms with Gasteiger partial charge >= 0.3 is 6.03 Å². The Balaban J connectivity index is 1.45. The Kier molecular flexibility index (Phi) is 7.28. The van der Waals surface area contributed by atoms with Crippen molar-refractivity contribution >= 4 is 11.7 Å². The third-order valence-corrected chi connectivity index (χ3v) is 4.99. The van der Waals surface area contributed by atoms with Crippen LogP contribution in [0, 0.1) is 0 Å². The third kappa shape index (κ3) is 5.71. The van der Waals surface area contributed by atoms with Crippen LogP contribution in [0.1, 0.15) is 18.1 Å². The molecule has 0 bridgehead atoms. The quantitative estimate of drug-likeness (QED) is 0.687. The smallest absolute Gasteiger partial charge is 0.319 e. The van der Waals surface area contributed by atoms with Gasteiger partial charge in [-0.15, -0.1) is 0 Å². The Morgan fingerprint density at radius 1 is 1.14 bits per heavy atom. The Hall–Kier alpha value is -2.57. The van der Waals surface area contributed by atoms with E-state index in [2.05, 4.69) is 46.7 Å². The van der Waals surface area contributed by atoms with Crippen LogP contribution in [0.3, 0.4) is 0 Å². The van der Waals surface area contributed by atoms with Gasteiger partial charge in [0, 0.05) is 44.5 Å². The molecule has 0 saturated carbocycles. The van der Waals surface area contributed by atoms with E-state index in [0.717, 1.165) is 19.5 Å². The molecule has 0 fully saturated rings. The largest absolute Gasteiger partial charge is 0.491 e. The van der Waals surface area contributed by atoms with Gasteiger partial charge in [0.05, 0.1) is 6.61 Å². The van der Waals surface area contributed by atoms with Crippen LogP contribution in [0.15, 0.2) is 48.5 Å². The lowest BCUT2D eigenvalue weighted by Crippen LogP contribution is -2.45. The number of nitrogens with zero attached hydrogens (tertiary/aromatic N) is 1. The van der Waals surface area contributed by atoms with E-state index >= 15 is 0 Å². The zero-order chi connectivity index (χ0) is 19.8. The van der Waals surface area contributed by atoms with Crippen molar-refractivity contribution in [2.24, 2.45) is 0 Å². The number of ether oxygens (including phenoxy) is 2. The van der Waals surface area contributed by atoms with Gasteiger partial charge in [-0.3, -0.25) is 4.90 Å². The summed E-state index contributed by atoms with van der Waals surface area (Å²) in [7, 11) is 1.63. The second-order valence-corrected chi connectivity index (χ2v) is 7.04. The van der Waals surface area contributed by atoms with Gasteiger partial charge < -0.3 is 20.1 Å². The maximum Gasteiger partial charge on any atom is 0.319 e. The Morgan fingerprint density at radius 3 is 2.79 bits per heavy atom. The van der Waals surface area contributed by atoms with E-state index in [-0.39, 0.29) is 12.1 Å². The molecule has 28 heavy (non-hydrogen) atoms. The molecule has 0 aliphatic carbocycles. The number of benzene rings is 2. The molecule has 3 rings (SSSR count). The van der Waals surface area contributed by atoms with Crippen LogP contribution in [0.5, 0.6) is 5.75 Å². The Bertz CT molecular complexity index is 781. The lowest BCUT2D eigenvalue weighted by molar-refractivity contribution is 0.146. The number of urea groups is 1. The molecule has 2 amide bonds. The minimum atomic E-state index is -0.210.